The van der Waals surface area contributed by atoms with Crippen LogP contribution in [0, 0.1) is 5.82 Å². The zero-order valence-corrected chi connectivity index (χ0v) is 16.2. The number of benzene rings is 1. The molecule has 0 saturated carbocycles. The van der Waals surface area contributed by atoms with Gasteiger partial charge in [0.05, 0.1) is 25.4 Å². The maximum absolute atomic E-state index is 13.2. The topological polar surface area (TPSA) is 101 Å². The molecule has 150 valence electrons. The van der Waals surface area contributed by atoms with Gasteiger partial charge in [0, 0.05) is 19.0 Å². The second-order valence-electron chi connectivity index (χ2n) is 7.04. The molecule has 0 aliphatic carbocycles. The predicted octanol–water partition coefficient (Wildman–Crippen LogP) is 1.44. The van der Waals surface area contributed by atoms with Gasteiger partial charge in [-0.15, -0.1) is 0 Å². The molecule has 1 unspecified atom stereocenters. The number of amides is 1. The third-order valence-corrected chi connectivity index (χ3v) is 7.34. The van der Waals surface area contributed by atoms with E-state index >= 15 is 0 Å². The molecule has 1 amide bonds. The smallest absolute Gasteiger partial charge is 0.303 e. The minimum absolute atomic E-state index is 0.314. The highest BCUT2D eigenvalue weighted by molar-refractivity contribution is 7.93. The average Bonchev–Trinajstić information content (AvgIpc) is 2.61. The summed E-state index contributed by atoms with van der Waals surface area (Å²) in [7, 11) is -4.00. The first-order valence-corrected chi connectivity index (χ1v) is 10.3. The number of sulfone groups is 1. The van der Waals surface area contributed by atoms with Gasteiger partial charge in [-0.05, 0) is 31.5 Å². The van der Waals surface area contributed by atoms with Gasteiger partial charge in [-0.25, -0.2) is 12.8 Å². The number of halogens is 1. The van der Waals surface area contributed by atoms with Gasteiger partial charge in [-0.2, -0.15) is 0 Å². The number of carbonyl (C=O) groups is 2. The molecule has 1 aliphatic heterocycles. The quantitative estimate of drug-likeness (QED) is 0.742. The fourth-order valence-electron chi connectivity index (χ4n) is 2.97. The van der Waals surface area contributed by atoms with Gasteiger partial charge < -0.3 is 14.7 Å². The van der Waals surface area contributed by atoms with Crippen LogP contribution in [0.2, 0.25) is 0 Å². The Kier molecular flexibility index (Phi) is 6.59. The third kappa shape index (κ3) is 5.04. The van der Waals surface area contributed by atoms with Crippen molar-refractivity contribution >= 4 is 21.7 Å². The molecule has 9 heteroatoms. The Morgan fingerprint density at radius 1 is 1.22 bits per heavy atom. The molecule has 2 rings (SSSR count). The maximum atomic E-state index is 13.2. The van der Waals surface area contributed by atoms with E-state index in [1.54, 1.807) is 0 Å². The number of carboxylic acid groups (broad SMARTS) is 1. The second kappa shape index (κ2) is 8.35. The van der Waals surface area contributed by atoms with Gasteiger partial charge in [0.1, 0.15) is 10.6 Å². The van der Waals surface area contributed by atoms with Gasteiger partial charge in [0.15, 0.2) is 9.84 Å². The summed E-state index contributed by atoms with van der Waals surface area (Å²) in [6, 6.07) is 5.05. The second-order valence-corrected chi connectivity index (χ2v) is 9.63. The lowest BCUT2D eigenvalue weighted by molar-refractivity contribution is -0.137. The molecule has 1 saturated heterocycles. The zero-order chi connectivity index (χ0) is 20.2. The summed E-state index contributed by atoms with van der Waals surface area (Å²) >= 11 is 0. The largest absolute Gasteiger partial charge is 0.481 e. The van der Waals surface area contributed by atoms with Crippen molar-refractivity contribution in [3.63, 3.8) is 0 Å². The van der Waals surface area contributed by atoms with Crippen molar-refractivity contribution in [2.24, 2.45) is 0 Å². The number of ether oxygens (including phenoxy) is 1. The zero-order valence-electron chi connectivity index (χ0n) is 15.4. The Morgan fingerprint density at radius 2 is 1.78 bits per heavy atom. The van der Waals surface area contributed by atoms with Crippen LogP contribution >= 0.6 is 0 Å². The Morgan fingerprint density at radius 3 is 2.30 bits per heavy atom. The Hall–Kier alpha value is -2.00. The van der Waals surface area contributed by atoms with Crippen molar-refractivity contribution in [3.8, 4) is 0 Å². The molecule has 0 aromatic heterocycles. The van der Waals surface area contributed by atoms with E-state index in [0.29, 0.717) is 31.9 Å². The van der Waals surface area contributed by atoms with Crippen molar-refractivity contribution in [3.05, 3.63) is 35.6 Å². The van der Waals surface area contributed by atoms with Crippen LogP contribution in [0.4, 0.5) is 4.39 Å². The van der Waals surface area contributed by atoms with E-state index in [-0.39, 0.29) is 0 Å². The summed E-state index contributed by atoms with van der Waals surface area (Å²) in [5.41, 5.74) is 0.400. The SMILES string of the molecule is CC(C)(C(=O)N1CCOCC1)S(=O)(=O)CC(CC(=O)O)c1ccc(F)cc1. The lowest BCUT2D eigenvalue weighted by Gasteiger charge is -2.34. The lowest BCUT2D eigenvalue weighted by atomic mass is 9.98. The van der Waals surface area contributed by atoms with Crippen LogP contribution in [-0.4, -0.2) is 67.1 Å². The highest BCUT2D eigenvalue weighted by Crippen LogP contribution is 2.29. The summed E-state index contributed by atoms with van der Waals surface area (Å²) in [5, 5.41) is 9.15. The molecule has 0 radical (unpaired) electrons. The summed E-state index contributed by atoms with van der Waals surface area (Å²) < 4.78 is 42.7. The van der Waals surface area contributed by atoms with Crippen LogP contribution in [0.15, 0.2) is 24.3 Å². The van der Waals surface area contributed by atoms with Crippen molar-refractivity contribution in [2.75, 3.05) is 32.1 Å². The summed E-state index contributed by atoms with van der Waals surface area (Å²) in [5.74, 6) is -3.60. The number of hydrogen-bond acceptors (Lipinski definition) is 5. The fraction of sp³-hybridized carbons (Fsp3) is 0.556. The first-order chi connectivity index (χ1) is 12.5. The summed E-state index contributed by atoms with van der Waals surface area (Å²) in [6.45, 7) is 3.99. The van der Waals surface area contributed by atoms with Crippen LogP contribution in [0.1, 0.15) is 31.7 Å². The number of carboxylic acids is 1. The van der Waals surface area contributed by atoms with Crippen LogP contribution in [0.3, 0.4) is 0 Å². The van der Waals surface area contributed by atoms with E-state index in [1.165, 1.54) is 30.9 Å². The number of hydrogen-bond donors (Lipinski definition) is 1. The monoisotopic (exact) mass is 401 g/mol. The van der Waals surface area contributed by atoms with E-state index in [0.717, 1.165) is 12.1 Å². The number of aliphatic carboxylic acids is 1. The van der Waals surface area contributed by atoms with Gasteiger partial charge in [0.2, 0.25) is 5.91 Å². The van der Waals surface area contributed by atoms with Crippen LogP contribution in [-0.2, 0) is 24.2 Å². The molecule has 1 aliphatic rings. The van der Waals surface area contributed by atoms with Crippen molar-refractivity contribution in [2.45, 2.75) is 30.9 Å². The van der Waals surface area contributed by atoms with E-state index in [4.69, 9.17) is 9.84 Å². The molecule has 1 atom stereocenters. The minimum Gasteiger partial charge on any atom is -0.481 e. The van der Waals surface area contributed by atoms with Gasteiger partial charge >= 0.3 is 5.97 Å². The average molecular weight is 401 g/mol. The maximum Gasteiger partial charge on any atom is 0.303 e. The van der Waals surface area contributed by atoms with Gasteiger partial charge in [-0.1, -0.05) is 12.1 Å². The van der Waals surface area contributed by atoms with Gasteiger partial charge in [0.25, 0.3) is 0 Å². The van der Waals surface area contributed by atoms with E-state index in [2.05, 4.69) is 0 Å². The lowest BCUT2D eigenvalue weighted by Crippen LogP contribution is -2.54. The van der Waals surface area contributed by atoms with Crippen LogP contribution in [0.5, 0.6) is 0 Å². The Balaban J connectivity index is 2.26. The first-order valence-electron chi connectivity index (χ1n) is 8.61. The van der Waals surface area contributed by atoms with Crippen molar-refractivity contribution < 1.29 is 32.2 Å². The van der Waals surface area contributed by atoms with Crippen molar-refractivity contribution in [1.82, 2.24) is 4.90 Å². The highest BCUT2D eigenvalue weighted by atomic mass is 32.2. The summed E-state index contributed by atoms with van der Waals surface area (Å²) in [6.07, 6.45) is -0.438. The number of carbonyl (C=O) groups excluding carboxylic acids is 1. The number of morpholine rings is 1. The molecule has 7 nitrogen and oxygen atoms in total. The highest BCUT2D eigenvalue weighted by Gasteiger charge is 2.45. The number of nitrogens with zero attached hydrogens (tertiary/aromatic N) is 1. The molecule has 1 aromatic carbocycles. The molecule has 0 spiro atoms. The van der Waals surface area contributed by atoms with E-state index in [1.807, 2.05) is 0 Å². The van der Waals surface area contributed by atoms with E-state index in [9.17, 15) is 22.4 Å². The van der Waals surface area contributed by atoms with Crippen molar-refractivity contribution in [1.29, 1.82) is 0 Å². The molecule has 1 fully saturated rings. The molecule has 1 N–H and O–H groups in total. The summed E-state index contributed by atoms with van der Waals surface area (Å²) in [4.78, 5) is 25.4. The minimum atomic E-state index is -4.00. The Labute approximate surface area is 158 Å². The first kappa shape index (κ1) is 21.3. The van der Waals surface area contributed by atoms with Crippen LogP contribution < -0.4 is 0 Å². The fourth-order valence-corrected chi connectivity index (χ4v) is 4.62. The predicted molar refractivity (Wildman–Crippen MR) is 96.7 cm³/mol. The molecule has 1 aromatic rings. The van der Waals surface area contributed by atoms with Crippen LogP contribution in [0.25, 0.3) is 0 Å². The van der Waals surface area contributed by atoms with E-state index < -0.39 is 50.4 Å². The normalized spacial score (nSPS) is 16.8. The standard InChI is InChI=1S/C18H24FNO6S/c1-18(2,17(23)20-7-9-26-10-8-20)27(24,25)12-14(11-16(21)22)13-3-5-15(19)6-4-13/h3-6,14H,7-12H2,1-2H3,(H,21,22). The Bertz CT molecular complexity index is 785. The molecule has 1 heterocycles. The third-order valence-electron chi connectivity index (χ3n) is 4.77. The molecule has 0 bridgehead atoms. The van der Waals surface area contributed by atoms with Gasteiger partial charge in [-0.3, -0.25) is 9.59 Å². The molecular formula is C18H24FNO6S. The molecular weight excluding hydrogens is 377 g/mol. The molecule has 27 heavy (non-hydrogen) atoms. The number of rotatable bonds is 7.